The zero-order valence-electron chi connectivity index (χ0n) is 7.03. The van der Waals surface area contributed by atoms with E-state index in [0.29, 0.717) is 0 Å². The van der Waals surface area contributed by atoms with E-state index < -0.39 is 15.6 Å². The molecule has 0 aromatic carbocycles. The maximum atomic E-state index is 9.73. The SMILES string of the molecule is O=P(O)(O)OOOP(=O)(O)O.[Cu].[H-].[Li+]. The summed E-state index contributed by atoms with van der Waals surface area (Å²) in [7, 11) is -9.88. The van der Waals surface area contributed by atoms with Crippen LogP contribution in [0.1, 0.15) is 1.43 Å². The van der Waals surface area contributed by atoms with E-state index in [1.54, 1.807) is 0 Å². The van der Waals surface area contributed by atoms with Crippen molar-refractivity contribution in [3.8, 4) is 0 Å². The van der Waals surface area contributed by atoms with Gasteiger partial charge in [0.15, 0.2) is 0 Å². The fourth-order valence-corrected chi connectivity index (χ4v) is 0.360. The van der Waals surface area contributed by atoms with Crippen molar-refractivity contribution in [1.29, 1.82) is 0 Å². The van der Waals surface area contributed by atoms with Gasteiger partial charge in [-0.05, 0) is 5.04 Å². The monoisotopic (exact) mass is 281 g/mol. The molecule has 0 bridgehead atoms. The minimum absolute atomic E-state index is 0. The number of phosphoric acid groups is 2. The van der Waals surface area contributed by atoms with Gasteiger partial charge in [-0.15, -0.1) is 0 Å². The second-order valence-corrected chi connectivity index (χ2v) is 3.46. The third-order valence-electron chi connectivity index (χ3n) is 0.255. The molecule has 0 heterocycles. The molecule has 0 atom stereocenters. The summed E-state index contributed by atoms with van der Waals surface area (Å²) in [5.74, 6) is 0. The minimum atomic E-state index is -4.94. The molecule has 0 aromatic rings. The number of hydrogen-bond donors (Lipinski definition) is 4. The fraction of sp³-hybridized carbons (Fsp3) is 0. The van der Waals surface area contributed by atoms with Crippen molar-refractivity contribution in [3.63, 3.8) is 0 Å². The quantitative estimate of drug-likeness (QED) is 0.176. The van der Waals surface area contributed by atoms with Crippen molar-refractivity contribution < 1.29 is 80.4 Å². The topological polar surface area (TPSA) is 143 Å². The summed E-state index contributed by atoms with van der Waals surface area (Å²) in [6, 6.07) is 0. The Balaban J connectivity index is -0.000000167. The molecule has 0 fully saturated rings. The zero-order valence-corrected chi connectivity index (χ0v) is 8.76. The molecule has 0 saturated carbocycles. The van der Waals surface area contributed by atoms with Gasteiger partial charge in [-0.25, -0.2) is 9.13 Å². The van der Waals surface area contributed by atoms with Gasteiger partial charge in [-0.2, -0.15) is 0 Å². The van der Waals surface area contributed by atoms with E-state index in [9.17, 15) is 9.13 Å². The van der Waals surface area contributed by atoms with Crippen LogP contribution >= 0.6 is 15.6 Å². The maximum absolute atomic E-state index is 9.73. The number of rotatable bonds is 4. The first-order chi connectivity index (χ1) is 4.71. The molecule has 0 rings (SSSR count). The average molecular weight is 281 g/mol. The van der Waals surface area contributed by atoms with Crippen molar-refractivity contribution in [1.82, 2.24) is 0 Å². The molecule has 0 spiro atoms. The molecule has 0 amide bonds. The third kappa shape index (κ3) is 19.6. The van der Waals surface area contributed by atoms with Crippen molar-refractivity contribution in [2.24, 2.45) is 0 Å². The Morgan fingerprint density at radius 2 is 1.15 bits per heavy atom. The van der Waals surface area contributed by atoms with Gasteiger partial charge in [-0.3, -0.25) is 0 Å². The summed E-state index contributed by atoms with van der Waals surface area (Å²) in [5, 5.41) is 3.04. The summed E-state index contributed by atoms with van der Waals surface area (Å²) in [6.07, 6.45) is 0. The van der Waals surface area contributed by atoms with Crippen LogP contribution in [0.4, 0.5) is 0 Å². The molecular formula is H5CuLiO9P2. The van der Waals surface area contributed by atoms with Crippen LogP contribution in [0.2, 0.25) is 0 Å². The van der Waals surface area contributed by atoms with E-state index in [1.807, 2.05) is 0 Å². The van der Waals surface area contributed by atoms with Gasteiger partial charge in [-0.1, -0.05) is 9.35 Å². The first kappa shape index (κ1) is 19.8. The van der Waals surface area contributed by atoms with Gasteiger partial charge in [0, 0.05) is 17.1 Å². The first-order valence-corrected chi connectivity index (χ1v) is 4.92. The standard InChI is InChI=1S/Cu.Li.H4O9P2.H/c;;1-10(2,3)8-7-9-11(4,5)6;/h;;(H2,1,2,3)(H2,4,5,6);/q;+1;;-1. The Bertz CT molecular complexity index is 185. The van der Waals surface area contributed by atoms with Crippen molar-refractivity contribution in [2.75, 3.05) is 0 Å². The molecule has 0 aliphatic carbocycles. The van der Waals surface area contributed by atoms with E-state index >= 15 is 0 Å². The van der Waals surface area contributed by atoms with Gasteiger partial charge in [0.1, 0.15) is 0 Å². The van der Waals surface area contributed by atoms with Crippen LogP contribution < -0.4 is 18.9 Å². The second-order valence-electron chi connectivity index (χ2n) is 1.20. The summed E-state index contributed by atoms with van der Waals surface area (Å²) < 4.78 is 25.6. The van der Waals surface area contributed by atoms with E-state index in [4.69, 9.17) is 19.6 Å². The van der Waals surface area contributed by atoms with Crippen LogP contribution in [-0.2, 0) is 40.6 Å². The summed E-state index contributed by atoms with van der Waals surface area (Å²) in [4.78, 5) is 31.4. The van der Waals surface area contributed by atoms with Crippen LogP contribution in [0.15, 0.2) is 0 Å². The molecule has 0 saturated heterocycles. The second kappa shape index (κ2) is 7.57. The van der Waals surface area contributed by atoms with Crippen molar-refractivity contribution in [2.45, 2.75) is 0 Å². The predicted molar refractivity (Wildman–Crippen MR) is 28.5 cm³/mol. The van der Waals surface area contributed by atoms with Gasteiger partial charge >= 0.3 is 34.5 Å². The Kier molecular flexibility index (Phi) is 11.5. The van der Waals surface area contributed by atoms with Crippen molar-refractivity contribution in [3.05, 3.63) is 0 Å². The minimum Gasteiger partial charge on any atom is -1.00 e. The molecule has 13 heteroatoms. The fourth-order valence-electron chi connectivity index (χ4n) is 0.0929. The van der Waals surface area contributed by atoms with Gasteiger partial charge in [0.25, 0.3) is 0 Å². The van der Waals surface area contributed by atoms with E-state index in [1.165, 1.54) is 0 Å². The summed E-state index contributed by atoms with van der Waals surface area (Å²) in [5.41, 5.74) is 0. The van der Waals surface area contributed by atoms with Gasteiger partial charge in [0.2, 0.25) is 0 Å². The molecule has 0 aliphatic heterocycles. The Morgan fingerprint density at radius 3 is 1.31 bits per heavy atom. The van der Waals surface area contributed by atoms with E-state index in [-0.39, 0.29) is 37.4 Å². The number of hydrogen-bond acceptors (Lipinski definition) is 5. The Morgan fingerprint density at radius 1 is 0.923 bits per heavy atom. The Hall–Kier alpha value is 1.30. The van der Waals surface area contributed by atoms with Crippen LogP contribution in [0, 0.1) is 0 Å². The summed E-state index contributed by atoms with van der Waals surface area (Å²) >= 11 is 0. The van der Waals surface area contributed by atoms with Crippen LogP contribution in [-0.4, -0.2) is 19.6 Å². The van der Waals surface area contributed by atoms with Crippen molar-refractivity contribution >= 4 is 15.6 Å². The molecule has 1 radical (unpaired) electrons. The van der Waals surface area contributed by atoms with Gasteiger partial charge in [0.05, 0.1) is 0 Å². The van der Waals surface area contributed by atoms with E-state index in [0.717, 1.165) is 0 Å². The molecule has 81 valence electrons. The van der Waals surface area contributed by atoms with Gasteiger partial charge < -0.3 is 21.0 Å². The summed E-state index contributed by atoms with van der Waals surface area (Å²) in [6.45, 7) is 0. The first-order valence-electron chi connectivity index (χ1n) is 1.86. The average Bonchev–Trinajstić information content (AvgIpc) is 1.55. The van der Waals surface area contributed by atoms with Crippen LogP contribution in [0.5, 0.6) is 0 Å². The molecule has 0 unspecified atom stereocenters. The van der Waals surface area contributed by atoms with Crippen LogP contribution in [0.25, 0.3) is 0 Å². The zero-order chi connectivity index (χ0) is 9.12. The molecular weight excluding hydrogens is 276 g/mol. The third-order valence-corrected chi connectivity index (χ3v) is 0.765. The normalized spacial score (nSPS) is 11.4. The molecule has 13 heavy (non-hydrogen) atoms. The largest absolute Gasteiger partial charge is 1.00 e. The molecule has 0 aromatic heterocycles. The van der Waals surface area contributed by atoms with Crippen LogP contribution in [0.3, 0.4) is 0 Å². The maximum Gasteiger partial charge on any atom is 1.00 e. The molecule has 4 N–H and O–H groups in total. The Labute approximate surface area is 96.2 Å². The molecule has 9 nitrogen and oxygen atoms in total. The van der Waals surface area contributed by atoms with E-state index in [2.05, 4.69) is 14.4 Å². The molecule has 0 aliphatic rings. The smallest absolute Gasteiger partial charge is 1.00 e. The predicted octanol–water partition coefficient (Wildman–Crippen LogP) is -3.83.